The molecule has 0 aromatic carbocycles. The highest BCUT2D eigenvalue weighted by Gasteiger charge is 2.23. The zero-order chi connectivity index (χ0) is 13.5. The summed E-state index contributed by atoms with van der Waals surface area (Å²) in [6.45, 7) is 4.83. The molecule has 1 saturated heterocycles. The third-order valence-corrected chi connectivity index (χ3v) is 3.85. The second kappa shape index (κ2) is 7.60. The Morgan fingerprint density at radius 3 is 3.11 bits per heavy atom. The third-order valence-electron chi connectivity index (χ3n) is 3.85. The van der Waals surface area contributed by atoms with E-state index in [2.05, 4.69) is 22.0 Å². The minimum Gasteiger partial charge on any atom is -0.338 e. The first kappa shape index (κ1) is 14.5. The van der Waals surface area contributed by atoms with Crippen LogP contribution in [0.15, 0.2) is 4.52 Å². The first-order valence-electron chi connectivity index (χ1n) is 7.59. The minimum absolute atomic E-state index is 0.588. The molecule has 1 aliphatic rings. The molecule has 1 atom stereocenters. The van der Waals surface area contributed by atoms with Crippen molar-refractivity contribution < 1.29 is 4.52 Å². The van der Waals surface area contributed by atoms with E-state index in [0.717, 1.165) is 57.0 Å². The van der Waals surface area contributed by atoms with Crippen molar-refractivity contribution in [1.29, 1.82) is 0 Å². The molecule has 1 aromatic heterocycles. The van der Waals surface area contributed by atoms with E-state index in [-0.39, 0.29) is 0 Å². The number of hydrogen-bond acceptors (Lipinski definition) is 5. The van der Waals surface area contributed by atoms with Crippen molar-refractivity contribution in [3.63, 3.8) is 0 Å². The van der Waals surface area contributed by atoms with Crippen LogP contribution in [0.5, 0.6) is 0 Å². The second-order valence-electron chi connectivity index (χ2n) is 5.41. The van der Waals surface area contributed by atoms with E-state index in [9.17, 15) is 0 Å². The quantitative estimate of drug-likeness (QED) is 0.818. The highest BCUT2D eigenvalue weighted by Crippen LogP contribution is 2.21. The second-order valence-corrected chi connectivity index (χ2v) is 5.41. The summed E-state index contributed by atoms with van der Waals surface area (Å²) < 4.78 is 5.36. The van der Waals surface area contributed by atoms with Gasteiger partial charge in [-0.15, -0.1) is 0 Å². The van der Waals surface area contributed by atoms with Crippen LogP contribution < -0.4 is 5.73 Å². The van der Waals surface area contributed by atoms with Crippen molar-refractivity contribution in [2.24, 2.45) is 5.73 Å². The number of rotatable bonds is 7. The van der Waals surface area contributed by atoms with Crippen molar-refractivity contribution >= 4 is 0 Å². The smallest absolute Gasteiger partial charge is 0.240 e. The molecule has 2 N–H and O–H groups in total. The first-order chi connectivity index (χ1) is 9.33. The molecular weight excluding hydrogens is 240 g/mol. The zero-order valence-corrected chi connectivity index (χ0v) is 12.0. The number of aryl methyl sites for hydroxylation is 1. The summed E-state index contributed by atoms with van der Waals surface area (Å²) in [6, 6.07) is 0.588. The van der Waals surface area contributed by atoms with Gasteiger partial charge in [0.25, 0.3) is 0 Å². The van der Waals surface area contributed by atoms with Gasteiger partial charge in [0.2, 0.25) is 5.89 Å². The summed E-state index contributed by atoms with van der Waals surface area (Å²) in [6.07, 6.45) is 8.09. The Morgan fingerprint density at radius 1 is 1.42 bits per heavy atom. The van der Waals surface area contributed by atoms with Crippen molar-refractivity contribution in [2.75, 3.05) is 13.1 Å². The van der Waals surface area contributed by atoms with Crippen LogP contribution in [0, 0.1) is 0 Å². The van der Waals surface area contributed by atoms with Gasteiger partial charge in [-0.25, -0.2) is 0 Å². The molecule has 0 saturated carbocycles. The number of piperidine rings is 1. The lowest BCUT2D eigenvalue weighted by Gasteiger charge is -2.34. The summed E-state index contributed by atoms with van der Waals surface area (Å²) >= 11 is 0. The molecule has 19 heavy (non-hydrogen) atoms. The average molecular weight is 266 g/mol. The van der Waals surface area contributed by atoms with Crippen LogP contribution in [0.3, 0.4) is 0 Å². The molecule has 0 spiro atoms. The van der Waals surface area contributed by atoms with Crippen LogP contribution in [0.25, 0.3) is 0 Å². The number of hydrogen-bond donors (Lipinski definition) is 1. The van der Waals surface area contributed by atoms with E-state index in [1.807, 2.05) is 0 Å². The summed E-state index contributed by atoms with van der Waals surface area (Å²) in [4.78, 5) is 6.94. The van der Waals surface area contributed by atoms with Gasteiger partial charge in [-0.3, -0.25) is 4.90 Å². The summed E-state index contributed by atoms with van der Waals surface area (Å²) in [5.41, 5.74) is 5.70. The number of nitrogens with two attached hydrogens (primary N) is 1. The Bertz CT molecular complexity index is 364. The van der Waals surface area contributed by atoms with E-state index in [1.54, 1.807) is 0 Å². The van der Waals surface area contributed by atoms with Crippen LogP contribution in [-0.4, -0.2) is 34.2 Å². The molecule has 1 fully saturated rings. The molecule has 2 rings (SSSR count). The maximum Gasteiger partial charge on any atom is 0.240 e. The molecule has 1 aliphatic heterocycles. The van der Waals surface area contributed by atoms with Gasteiger partial charge in [0, 0.05) is 12.5 Å². The lowest BCUT2D eigenvalue weighted by atomic mass is 9.99. The van der Waals surface area contributed by atoms with Gasteiger partial charge in [0.05, 0.1) is 6.54 Å². The lowest BCUT2D eigenvalue weighted by molar-refractivity contribution is 0.118. The Labute approximate surface area is 115 Å². The van der Waals surface area contributed by atoms with Crippen LogP contribution in [0.1, 0.15) is 57.2 Å². The summed E-state index contributed by atoms with van der Waals surface area (Å²) in [5.74, 6) is 1.61. The van der Waals surface area contributed by atoms with Crippen molar-refractivity contribution in [3.8, 4) is 0 Å². The molecule has 1 unspecified atom stereocenters. The van der Waals surface area contributed by atoms with Crippen LogP contribution in [0.4, 0.5) is 0 Å². The maximum atomic E-state index is 5.70. The zero-order valence-electron chi connectivity index (χ0n) is 12.0. The highest BCUT2D eigenvalue weighted by atomic mass is 16.5. The van der Waals surface area contributed by atoms with Gasteiger partial charge in [-0.05, 0) is 38.8 Å². The standard InChI is InChI=1S/C14H26N4O/c1-2-3-7-13-16-14(19-17-13)11-18-10-5-4-6-12(18)8-9-15/h12H,2-11,15H2,1H3. The Morgan fingerprint density at radius 2 is 2.32 bits per heavy atom. The Balaban J connectivity index is 1.89. The van der Waals surface area contributed by atoms with Gasteiger partial charge in [0.15, 0.2) is 5.82 Å². The van der Waals surface area contributed by atoms with E-state index in [0.29, 0.717) is 6.04 Å². The monoisotopic (exact) mass is 266 g/mol. The highest BCUT2D eigenvalue weighted by molar-refractivity contribution is 4.88. The SMILES string of the molecule is CCCCc1noc(CN2CCCCC2CCN)n1. The predicted molar refractivity (Wildman–Crippen MR) is 74.6 cm³/mol. The van der Waals surface area contributed by atoms with E-state index >= 15 is 0 Å². The molecule has 2 heterocycles. The van der Waals surface area contributed by atoms with Gasteiger partial charge < -0.3 is 10.3 Å². The fraction of sp³-hybridized carbons (Fsp3) is 0.857. The van der Waals surface area contributed by atoms with Gasteiger partial charge in [0.1, 0.15) is 0 Å². The Hall–Kier alpha value is -0.940. The van der Waals surface area contributed by atoms with Gasteiger partial charge in [-0.2, -0.15) is 4.98 Å². The number of unbranched alkanes of at least 4 members (excludes halogenated alkanes) is 1. The van der Waals surface area contributed by atoms with Crippen molar-refractivity contribution in [2.45, 2.75) is 64.5 Å². The fourth-order valence-corrected chi connectivity index (χ4v) is 2.75. The molecule has 0 bridgehead atoms. The fourth-order valence-electron chi connectivity index (χ4n) is 2.75. The van der Waals surface area contributed by atoms with Crippen LogP contribution in [0.2, 0.25) is 0 Å². The minimum atomic E-state index is 0.588. The normalized spacial score (nSPS) is 20.8. The van der Waals surface area contributed by atoms with E-state index in [4.69, 9.17) is 10.3 Å². The molecule has 5 heteroatoms. The third kappa shape index (κ3) is 4.28. The molecule has 0 aliphatic carbocycles. The molecule has 108 valence electrons. The lowest BCUT2D eigenvalue weighted by Crippen LogP contribution is -2.40. The molecule has 5 nitrogen and oxygen atoms in total. The first-order valence-corrected chi connectivity index (χ1v) is 7.59. The molecule has 0 radical (unpaired) electrons. The van der Waals surface area contributed by atoms with E-state index in [1.165, 1.54) is 19.3 Å². The average Bonchev–Trinajstić information content (AvgIpc) is 2.87. The number of nitrogens with zero attached hydrogens (tertiary/aromatic N) is 3. The maximum absolute atomic E-state index is 5.70. The summed E-state index contributed by atoms with van der Waals surface area (Å²) in [7, 11) is 0. The molecule has 1 aromatic rings. The predicted octanol–water partition coefficient (Wildman–Crippen LogP) is 2.12. The van der Waals surface area contributed by atoms with Gasteiger partial charge in [-0.1, -0.05) is 24.9 Å². The number of likely N-dealkylation sites (tertiary alicyclic amines) is 1. The summed E-state index contributed by atoms with van der Waals surface area (Å²) in [5, 5.41) is 4.05. The van der Waals surface area contributed by atoms with Crippen molar-refractivity contribution in [1.82, 2.24) is 15.0 Å². The van der Waals surface area contributed by atoms with Crippen molar-refractivity contribution in [3.05, 3.63) is 11.7 Å². The number of aromatic nitrogens is 2. The molecule has 0 amide bonds. The van der Waals surface area contributed by atoms with Gasteiger partial charge >= 0.3 is 0 Å². The largest absolute Gasteiger partial charge is 0.338 e. The van der Waals surface area contributed by atoms with E-state index < -0.39 is 0 Å². The van der Waals surface area contributed by atoms with Crippen LogP contribution in [-0.2, 0) is 13.0 Å². The van der Waals surface area contributed by atoms with Crippen LogP contribution >= 0.6 is 0 Å². The molecular formula is C14H26N4O. The Kier molecular flexibility index (Phi) is 5.79. The topological polar surface area (TPSA) is 68.2 Å².